The van der Waals surface area contributed by atoms with Gasteiger partial charge in [0, 0.05) is 37.3 Å². The van der Waals surface area contributed by atoms with E-state index in [4.69, 9.17) is 4.52 Å². The maximum absolute atomic E-state index is 11.7. The Labute approximate surface area is 128 Å². The highest BCUT2D eigenvalue weighted by molar-refractivity contribution is 5.75. The summed E-state index contributed by atoms with van der Waals surface area (Å²) in [5, 5.41) is 16.0. The van der Waals surface area contributed by atoms with E-state index in [1.165, 1.54) is 0 Å². The third-order valence-corrected chi connectivity index (χ3v) is 3.22. The number of aryl methyl sites for hydroxylation is 1. The van der Waals surface area contributed by atoms with Crippen LogP contribution in [0.1, 0.15) is 32.1 Å². The lowest BCUT2D eigenvalue weighted by atomic mass is 10.2. The van der Waals surface area contributed by atoms with Crippen molar-refractivity contribution in [2.45, 2.75) is 38.7 Å². The number of rotatable bonds is 8. The zero-order chi connectivity index (χ0) is 15.8. The Morgan fingerprint density at radius 1 is 1.50 bits per heavy atom. The van der Waals surface area contributed by atoms with Gasteiger partial charge in [-0.25, -0.2) is 0 Å². The van der Waals surface area contributed by atoms with E-state index < -0.39 is 0 Å². The van der Waals surface area contributed by atoms with E-state index in [1.807, 2.05) is 13.0 Å². The topological polar surface area (TPSA) is 101 Å². The lowest BCUT2D eigenvalue weighted by Gasteiger charge is -2.08. The summed E-state index contributed by atoms with van der Waals surface area (Å²) in [7, 11) is 0. The summed E-state index contributed by atoms with van der Waals surface area (Å²) in [6, 6.07) is 3.64. The molecule has 7 heteroatoms. The average molecular weight is 304 g/mol. The van der Waals surface area contributed by atoms with Crippen LogP contribution < -0.4 is 5.32 Å². The van der Waals surface area contributed by atoms with Gasteiger partial charge in [-0.1, -0.05) is 12.1 Å². The second-order valence-corrected chi connectivity index (χ2v) is 4.95. The molecule has 0 radical (unpaired) electrons. The second kappa shape index (κ2) is 8.23. The van der Waals surface area contributed by atoms with Crippen molar-refractivity contribution in [3.8, 4) is 11.4 Å². The normalized spacial score (nSPS) is 12.1. The summed E-state index contributed by atoms with van der Waals surface area (Å²) >= 11 is 0. The lowest BCUT2D eigenvalue weighted by molar-refractivity contribution is -0.121. The molecule has 1 unspecified atom stereocenters. The van der Waals surface area contributed by atoms with Gasteiger partial charge >= 0.3 is 0 Å². The Morgan fingerprint density at radius 3 is 3.09 bits per heavy atom. The Morgan fingerprint density at radius 2 is 2.36 bits per heavy atom. The fourth-order valence-electron chi connectivity index (χ4n) is 1.86. The number of carbonyl (C=O) groups is 1. The molecule has 0 aliphatic heterocycles. The largest absolute Gasteiger partial charge is 0.393 e. The van der Waals surface area contributed by atoms with E-state index in [-0.39, 0.29) is 18.4 Å². The van der Waals surface area contributed by atoms with E-state index in [0.29, 0.717) is 37.5 Å². The standard InChI is InChI=1S/C15H20N4O3/c1-2-12(20)7-9-17-13(21)5-6-14-18-15(19-22-14)11-4-3-8-16-10-11/h3-4,8,10,12,20H,2,5-7,9H2,1H3,(H,17,21). The van der Waals surface area contributed by atoms with Gasteiger partial charge in [-0.2, -0.15) is 4.98 Å². The van der Waals surface area contributed by atoms with Crippen molar-refractivity contribution < 1.29 is 14.4 Å². The first-order chi connectivity index (χ1) is 10.7. The number of pyridine rings is 1. The van der Waals surface area contributed by atoms with Crippen LogP contribution in [-0.4, -0.2) is 38.8 Å². The summed E-state index contributed by atoms with van der Waals surface area (Å²) in [5.74, 6) is 0.793. The molecule has 2 N–H and O–H groups in total. The van der Waals surface area contributed by atoms with E-state index in [9.17, 15) is 9.90 Å². The van der Waals surface area contributed by atoms with Crippen LogP contribution in [0.3, 0.4) is 0 Å². The molecule has 2 aromatic heterocycles. The predicted molar refractivity (Wildman–Crippen MR) is 79.8 cm³/mol. The van der Waals surface area contributed by atoms with Crippen LogP contribution in [-0.2, 0) is 11.2 Å². The molecule has 1 amide bonds. The van der Waals surface area contributed by atoms with Gasteiger partial charge in [0.05, 0.1) is 6.10 Å². The van der Waals surface area contributed by atoms with Crippen LogP contribution in [0.5, 0.6) is 0 Å². The first-order valence-electron chi connectivity index (χ1n) is 7.36. The summed E-state index contributed by atoms with van der Waals surface area (Å²) in [5.41, 5.74) is 0.774. The van der Waals surface area contributed by atoms with Gasteiger partial charge < -0.3 is 14.9 Å². The van der Waals surface area contributed by atoms with Crippen molar-refractivity contribution in [1.82, 2.24) is 20.4 Å². The zero-order valence-electron chi connectivity index (χ0n) is 12.5. The molecule has 1 atom stereocenters. The van der Waals surface area contributed by atoms with E-state index in [2.05, 4.69) is 20.4 Å². The molecule has 0 aromatic carbocycles. The van der Waals surface area contributed by atoms with Crippen molar-refractivity contribution in [3.63, 3.8) is 0 Å². The molecule has 0 bridgehead atoms. The van der Waals surface area contributed by atoms with E-state index in [0.717, 1.165) is 5.56 Å². The molecule has 2 heterocycles. The van der Waals surface area contributed by atoms with Gasteiger partial charge in [-0.3, -0.25) is 9.78 Å². The highest BCUT2D eigenvalue weighted by Gasteiger charge is 2.10. The van der Waals surface area contributed by atoms with Crippen molar-refractivity contribution >= 4 is 5.91 Å². The summed E-state index contributed by atoms with van der Waals surface area (Å²) in [6.07, 6.45) is 4.87. The summed E-state index contributed by atoms with van der Waals surface area (Å²) in [6.45, 7) is 2.38. The number of nitrogens with one attached hydrogen (secondary N) is 1. The van der Waals surface area contributed by atoms with Crippen LogP contribution >= 0.6 is 0 Å². The first kappa shape index (κ1) is 16.1. The van der Waals surface area contributed by atoms with Crippen molar-refractivity contribution in [2.75, 3.05) is 6.54 Å². The zero-order valence-corrected chi connectivity index (χ0v) is 12.5. The van der Waals surface area contributed by atoms with Crippen molar-refractivity contribution in [3.05, 3.63) is 30.4 Å². The molecule has 0 aliphatic rings. The van der Waals surface area contributed by atoms with Crippen LogP contribution in [0, 0.1) is 0 Å². The van der Waals surface area contributed by atoms with Crippen LogP contribution in [0.15, 0.2) is 29.0 Å². The van der Waals surface area contributed by atoms with Gasteiger partial charge in [-0.05, 0) is 25.0 Å². The van der Waals surface area contributed by atoms with Gasteiger partial charge in [0.1, 0.15) is 0 Å². The first-order valence-corrected chi connectivity index (χ1v) is 7.36. The SMILES string of the molecule is CCC(O)CCNC(=O)CCc1nc(-c2cccnc2)no1. The number of hydrogen-bond acceptors (Lipinski definition) is 6. The monoisotopic (exact) mass is 304 g/mol. The predicted octanol–water partition coefficient (Wildman–Crippen LogP) is 1.34. The summed E-state index contributed by atoms with van der Waals surface area (Å²) < 4.78 is 5.12. The molecule has 0 fully saturated rings. The van der Waals surface area contributed by atoms with Crippen LogP contribution in [0.4, 0.5) is 0 Å². The minimum atomic E-state index is -0.363. The number of nitrogens with zero attached hydrogens (tertiary/aromatic N) is 3. The molecular weight excluding hydrogens is 284 g/mol. The van der Waals surface area contributed by atoms with E-state index in [1.54, 1.807) is 18.5 Å². The van der Waals surface area contributed by atoms with Crippen molar-refractivity contribution in [1.29, 1.82) is 0 Å². The van der Waals surface area contributed by atoms with Crippen LogP contribution in [0.25, 0.3) is 11.4 Å². The van der Waals surface area contributed by atoms with Gasteiger partial charge in [0.25, 0.3) is 0 Å². The molecule has 7 nitrogen and oxygen atoms in total. The minimum Gasteiger partial charge on any atom is -0.393 e. The summed E-state index contributed by atoms with van der Waals surface area (Å²) in [4.78, 5) is 19.9. The second-order valence-electron chi connectivity index (χ2n) is 4.95. The molecule has 2 rings (SSSR count). The number of aromatic nitrogens is 3. The number of carbonyl (C=O) groups excluding carboxylic acids is 1. The molecule has 2 aromatic rings. The number of aliphatic hydroxyl groups is 1. The molecule has 0 aliphatic carbocycles. The van der Waals surface area contributed by atoms with Crippen molar-refractivity contribution in [2.24, 2.45) is 0 Å². The molecule has 0 saturated carbocycles. The Bertz CT molecular complexity index is 585. The molecule has 22 heavy (non-hydrogen) atoms. The maximum Gasteiger partial charge on any atom is 0.227 e. The average Bonchev–Trinajstić information content (AvgIpc) is 3.02. The minimum absolute atomic E-state index is 0.0931. The molecule has 0 saturated heterocycles. The third-order valence-electron chi connectivity index (χ3n) is 3.22. The highest BCUT2D eigenvalue weighted by Crippen LogP contribution is 2.14. The fourth-order valence-corrected chi connectivity index (χ4v) is 1.86. The number of hydrogen-bond donors (Lipinski definition) is 2. The molecule has 118 valence electrons. The smallest absolute Gasteiger partial charge is 0.227 e. The number of aliphatic hydroxyl groups excluding tert-OH is 1. The Hall–Kier alpha value is -2.28. The lowest BCUT2D eigenvalue weighted by Crippen LogP contribution is -2.27. The number of amides is 1. The van der Waals surface area contributed by atoms with Gasteiger partial charge in [-0.15, -0.1) is 0 Å². The quantitative estimate of drug-likeness (QED) is 0.763. The molecule has 0 spiro atoms. The van der Waals surface area contributed by atoms with Gasteiger partial charge in [0.2, 0.25) is 17.6 Å². The van der Waals surface area contributed by atoms with E-state index >= 15 is 0 Å². The third kappa shape index (κ3) is 4.92. The van der Waals surface area contributed by atoms with Gasteiger partial charge in [0.15, 0.2) is 0 Å². The maximum atomic E-state index is 11.7. The highest BCUT2D eigenvalue weighted by atomic mass is 16.5. The molecular formula is C15H20N4O3. The Kier molecular flexibility index (Phi) is 6.02. The van der Waals surface area contributed by atoms with Crippen LogP contribution in [0.2, 0.25) is 0 Å². The fraction of sp³-hybridized carbons (Fsp3) is 0.467. The Balaban J connectivity index is 1.75.